The van der Waals surface area contributed by atoms with Crippen molar-refractivity contribution in [1.29, 1.82) is 0 Å². The standard InChI is InChI=1S/C21H26ClN3O/c1-2-24-12-14-25(15-13-24)20(17-8-4-3-5-9-17)16-23-21(26)18-10-6-7-11-19(18)22/h3-11,20H,2,12-16H2,1H3,(H,23,26). The Bertz CT molecular complexity index is 714. The summed E-state index contributed by atoms with van der Waals surface area (Å²) in [5.74, 6) is -0.122. The van der Waals surface area contributed by atoms with Crippen LogP contribution >= 0.6 is 11.6 Å². The normalized spacial score (nSPS) is 17.0. The highest BCUT2D eigenvalue weighted by Crippen LogP contribution is 2.22. The van der Waals surface area contributed by atoms with Gasteiger partial charge in [0.25, 0.3) is 5.91 Å². The Balaban J connectivity index is 1.70. The molecule has 0 saturated carbocycles. The fourth-order valence-corrected chi connectivity index (χ4v) is 3.68. The third-order valence-electron chi connectivity index (χ3n) is 5.05. The molecular weight excluding hydrogens is 346 g/mol. The molecule has 0 aromatic heterocycles. The summed E-state index contributed by atoms with van der Waals surface area (Å²) in [6.45, 7) is 8.02. The van der Waals surface area contributed by atoms with Gasteiger partial charge >= 0.3 is 0 Å². The van der Waals surface area contributed by atoms with E-state index in [0.29, 0.717) is 17.1 Å². The van der Waals surface area contributed by atoms with Crippen LogP contribution in [-0.2, 0) is 0 Å². The number of amides is 1. The number of piperazine rings is 1. The molecule has 1 heterocycles. The molecule has 1 N–H and O–H groups in total. The van der Waals surface area contributed by atoms with Crippen LogP contribution < -0.4 is 5.32 Å². The second kappa shape index (κ2) is 9.17. The van der Waals surface area contributed by atoms with Crippen molar-refractivity contribution in [2.24, 2.45) is 0 Å². The van der Waals surface area contributed by atoms with Gasteiger partial charge in [-0.15, -0.1) is 0 Å². The van der Waals surface area contributed by atoms with Crippen molar-refractivity contribution < 1.29 is 4.79 Å². The van der Waals surface area contributed by atoms with Crippen LogP contribution in [0.25, 0.3) is 0 Å². The van der Waals surface area contributed by atoms with Crippen molar-refractivity contribution >= 4 is 17.5 Å². The van der Waals surface area contributed by atoms with Crippen LogP contribution in [0.1, 0.15) is 28.9 Å². The number of halogens is 1. The van der Waals surface area contributed by atoms with E-state index in [1.54, 1.807) is 12.1 Å². The van der Waals surface area contributed by atoms with Gasteiger partial charge in [-0.2, -0.15) is 0 Å². The van der Waals surface area contributed by atoms with Crippen molar-refractivity contribution in [2.45, 2.75) is 13.0 Å². The molecule has 1 saturated heterocycles. The smallest absolute Gasteiger partial charge is 0.252 e. The molecule has 2 aromatic rings. The van der Waals surface area contributed by atoms with Gasteiger partial charge in [-0.1, -0.05) is 61.0 Å². The fraction of sp³-hybridized carbons (Fsp3) is 0.381. The van der Waals surface area contributed by atoms with Crippen LogP contribution in [0, 0.1) is 0 Å². The summed E-state index contributed by atoms with van der Waals surface area (Å²) in [5.41, 5.74) is 1.76. The van der Waals surface area contributed by atoms with Crippen LogP contribution in [0.3, 0.4) is 0 Å². The van der Waals surface area contributed by atoms with Crippen LogP contribution in [0.2, 0.25) is 5.02 Å². The zero-order valence-electron chi connectivity index (χ0n) is 15.2. The van der Waals surface area contributed by atoms with Crippen LogP contribution in [0.5, 0.6) is 0 Å². The molecule has 0 bridgehead atoms. The maximum absolute atomic E-state index is 12.6. The van der Waals surface area contributed by atoms with Crippen molar-refractivity contribution in [1.82, 2.24) is 15.1 Å². The molecule has 1 amide bonds. The maximum atomic E-state index is 12.6. The SMILES string of the molecule is CCN1CCN(C(CNC(=O)c2ccccc2Cl)c2ccccc2)CC1. The number of rotatable bonds is 6. The van der Waals surface area contributed by atoms with Gasteiger partial charge in [0.2, 0.25) is 0 Å². The topological polar surface area (TPSA) is 35.6 Å². The highest BCUT2D eigenvalue weighted by molar-refractivity contribution is 6.33. The third kappa shape index (κ3) is 4.64. The number of hydrogen-bond acceptors (Lipinski definition) is 3. The molecular formula is C21H26ClN3O. The predicted molar refractivity (Wildman–Crippen MR) is 107 cm³/mol. The summed E-state index contributed by atoms with van der Waals surface area (Å²) in [4.78, 5) is 17.5. The summed E-state index contributed by atoms with van der Waals surface area (Å²) in [6, 6.07) is 17.8. The average Bonchev–Trinajstić information content (AvgIpc) is 2.69. The molecule has 5 heteroatoms. The van der Waals surface area contributed by atoms with Crippen molar-refractivity contribution in [2.75, 3.05) is 39.3 Å². The number of nitrogens with one attached hydrogen (secondary N) is 1. The molecule has 1 atom stereocenters. The van der Waals surface area contributed by atoms with E-state index < -0.39 is 0 Å². The number of nitrogens with zero attached hydrogens (tertiary/aromatic N) is 2. The molecule has 0 aliphatic carbocycles. The molecule has 138 valence electrons. The van der Waals surface area contributed by atoms with E-state index >= 15 is 0 Å². The molecule has 1 fully saturated rings. The Morgan fingerprint density at radius 3 is 2.35 bits per heavy atom. The van der Waals surface area contributed by atoms with E-state index in [1.807, 2.05) is 18.2 Å². The summed E-state index contributed by atoms with van der Waals surface area (Å²) >= 11 is 6.16. The van der Waals surface area contributed by atoms with Gasteiger partial charge in [0.1, 0.15) is 0 Å². The van der Waals surface area contributed by atoms with Crippen LogP contribution in [0.4, 0.5) is 0 Å². The van der Waals surface area contributed by atoms with Crippen molar-refractivity contribution in [3.63, 3.8) is 0 Å². The number of carbonyl (C=O) groups excluding carboxylic acids is 1. The number of benzene rings is 2. The number of carbonyl (C=O) groups is 1. The van der Waals surface area contributed by atoms with Gasteiger partial charge in [-0.3, -0.25) is 9.69 Å². The zero-order chi connectivity index (χ0) is 18.4. The van der Waals surface area contributed by atoms with Gasteiger partial charge in [0.05, 0.1) is 16.6 Å². The Kier molecular flexibility index (Phi) is 6.67. The monoisotopic (exact) mass is 371 g/mol. The van der Waals surface area contributed by atoms with Gasteiger partial charge in [-0.25, -0.2) is 0 Å². The van der Waals surface area contributed by atoms with E-state index in [2.05, 4.69) is 46.3 Å². The van der Waals surface area contributed by atoms with E-state index in [1.165, 1.54) is 5.56 Å². The maximum Gasteiger partial charge on any atom is 0.252 e. The van der Waals surface area contributed by atoms with Gasteiger partial charge < -0.3 is 10.2 Å². The fourth-order valence-electron chi connectivity index (χ4n) is 3.45. The molecule has 2 aromatic carbocycles. The van der Waals surface area contributed by atoms with Crippen LogP contribution in [-0.4, -0.2) is 55.0 Å². The van der Waals surface area contributed by atoms with E-state index in [4.69, 9.17) is 11.6 Å². The van der Waals surface area contributed by atoms with Crippen molar-refractivity contribution in [3.8, 4) is 0 Å². The minimum absolute atomic E-state index is 0.122. The lowest BCUT2D eigenvalue weighted by atomic mass is 10.0. The quantitative estimate of drug-likeness (QED) is 0.844. The Hall–Kier alpha value is -1.88. The number of likely N-dealkylation sites (N-methyl/N-ethyl adjacent to an activating group) is 1. The van der Waals surface area contributed by atoms with E-state index in [9.17, 15) is 4.79 Å². The summed E-state index contributed by atoms with van der Waals surface area (Å²) < 4.78 is 0. The molecule has 26 heavy (non-hydrogen) atoms. The summed E-state index contributed by atoms with van der Waals surface area (Å²) in [7, 11) is 0. The van der Waals surface area contributed by atoms with Gasteiger partial charge in [0.15, 0.2) is 0 Å². The van der Waals surface area contributed by atoms with Gasteiger partial charge in [0, 0.05) is 32.7 Å². The van der Waals surface area contributed by atoms with Crippen molar-refractivity contribution in [3.05, 3.63) is 70.7 Å². The average molecular weight is 372 g/mol. The molecule has 1 unspecified atom stereocenters. The minimum Gasteiger partial charge on any atom is -0.350 e. The lowest BCUT2D eigenvalue weighted by Gasteiger charge is -2.39. The number of hydrogen-bond donors (Lipinski definition) is 1. The molecule has 0 radical (unpaired) electrons. The zero-order valence-corrected chi connectivity index (χ0v) is 16.0. The highest BCUT2D eigenvalue weighted by Gasteiger charge is 2.25. The highest BCUT2D eigenvalue weighted by atomic mass is 35.5. The van der Waals surface area contributed by atoms with Gasteiger partial charge in [-0.05, 0) is 24.2 Å². The molecule has 1 aliphatic rings. The Morgan fingerprint density at radius 2 is 1.69 bits per heavy atom. The molecule has 1 aliphatic heterocycles. The lowest BCUT2D eigenvalue weighted by Crippen LogP contribution is -2.49. The summed E-state index contributed by atoms with van der Waals surface area (Å²) in [6.07, 6.45) is 0. The molecule has 3 rings (SSSR count). The second-order valence-corrected chi connectivity index (χ2v) is 6.99. The van der Waals surface area contributed by atoms with E-state index in [-0.39, 0.29) is 11.9 Å². The second-order valence-electron chi connectivity index (χ2n) is 6.59. The first-order chi connectivity index (χ1) is 12.7. The Morgan fingerprint density at radius 1 is 1.04 bits per heavy atom. The Labute approximate surface area is 160 Å². The third-order valence-corrected chi connectivity index (χ3v) is 5.38. The minimum atomic E-state index is -0.122. The first-order valence-electron chi connectivity index (χ1n) is 9.23. The van der Waals surface area contributed by atoms with Crippen LogP contribution in [0.15, 0.2) is 54.6 Å². The van der Waals surface area contributed by atoms with E-state index in [0.717, 1.165) is 32.7 Å². The lowest BCUT2D eigenvalue weighted by molar-refractivity contribution is 0.0855. The first kappa shape index (κ1) is 18.9. The molecule has 0 spiro atoms. The molecule has 4 nitrogen and oxygen atoms in total. The predicted octanol–water partition coefficient (Wildman–Crippen LogP) is 3.45. The first-order valence-corrected chi connectivity index (χ1v) is 9.61. The largest absolute Gasteiger partial charge is 0.350 e. The summed E-state index contributed by atoms with van der Waals surface area (Å²) in [5, 5.41) is 3.57.